The molecular formula is C26H25ClN4O4. The summed E-state index contributed by atoms with van der Waals surface area (Å²) in [6, 6.07) is 14.7. The molecule has 2 N–H and O–H groups in total. The van der Waals surface area contributed by atoms with Crippen molar-refractivity contribution < 1.29 is 14.3 Å². The van der Waals surface area contributed by atoms with Crippen LogP contribution in [0.3, 0.4) is 0 Å². The Bertz CT molecular complexity index is 1430. The van der Waals surface area contributed by atoms with Gasteiger partial charge in [0.1, 0.15) is 5.58 Å². The molecule has 35 heavy (non-hydrogen) atoms. The van der Waals surface area contributed by atoms with E-state index < -0.39 is 0 Å². The number of aliphatic hydroxyl groups excluding tert-OH is 1. The molecule has 8 nitrogen and oxygen atoms in total. The number of hydrogen-bond donors (Lipinski definition) is 2. The highest BCUT2D eigenvalue weighted by atomic mass is 35.5. The van der Waals surface area contributed by atoms with Crippen LogP contribution in [0.1, 0.15) is 32.9 Å². The minimum Gasteiger partial charge on any atom is -0.464 e. The number of aliphatic hydroxyl groups is 1. The van der Waals surface area contributed by atoms with Crippen molar-refractivity contribution in [1.82, 2.24) is 20.0 Å². The van der Waals surface area contributed by atoms with Gasteiger partial charge in [0, 0.05) is 54.4 Å². The summed E-state index contributed by atoms with van der Waals surface area (Å²) >= 11 is 6.08. The van der Waals surface area contributed by atoms with E-state index in [0.29, 0.717) is 66.4 Å². The summed E-state index contributed by atoms with van der Waals surface area (Å²) in [6.45, 7) is 2.17. The van der Waals surface area contributed by atoms with Crippen molar-refractivity contribution >= 4 is 28.5 Å². The molecule has 3 heterocycles. The van der Waals surface area contributed by atoms with Crippen LogP contribution in [-0.4, -0.2) is 38.8 Å². The summed E-state index contributed by atoms with van der Waals surface area (Å²) in [7, 11) is 0. The van der Waals surface area contributed by atoms with Gasteiger partial charge in [0.05, 0.1) is 24.8 Å². The number of rotatable bonds is 7. The van der Waals surface area contributed by atoms with Crippen LogP contribution in [0.15, 0.2) is 64.0 Å². The molecule has 0 fully saturated rings. The van der Waals surface area contributed by atoms with Gasteiger partial charge in [-0.05, 0) is 23.8 Å². The molecule has 5 rings (SSSR count). The summed E-state index contributed by atoms with van der Waals surface area (Å²) < 4.78 is 7.39. The zero-order valence-corrected chi connectivity index (χ0v) is 19.8. The maximum Gasteiger partial charge on any atom is 0.272 e. The topological polar surface area (TPSA) is 101 Å². The van der Waals surface area contributed by atoms with Crippen molar-refractivity contribution in [2.24, 2.45) is 0 Å². The molecule has 2 aromatic carbocycles. The number of benzene rings is 2. The molecular weight excluding hydrogens is 468 g/mol. The molecule has 0 radical (unpaired) electrons. The molecule has 2 aromatic heterocycles. The van der Waals surface area contributed by atoms with Crippen molar-refractivity contribution in [3.8, 4) is 0 Å². The molecule has 180 valence electrons. The lowest BCUT2D eigenvalue weighted by molar-refractivity contribution is 0.0942. The third-order valence-corrected chi connectivity index (χ3v) is 6.47. The number of fused-ring (bicyclic) bond motifs is 2. The molecule has 0 aliphatic carbocycles. The third-order valence-electron chi connectivity index (χ3n) is 6.24. The van der Waals surface area contributed by atoms with Crippen LogP contribution in [0.25, 0.3) is 11.0 Å². The second kappa shape index (κ2) is 10.0. The van der Waals surface area contributed by atoms with Crippen molar-refractivity contribution in [3.05, 3.63) is 98.1 Å². The second-order valence-corrected chi connectivity index (χ2v) is 9.02. The highest BCUT2D eigenvalue weighted by Crippen LogP contribution is 2.25. The lowest BCUT2D eigenvalue weighted by Crippen LogP contribution is -2.33. The summed E-state index contributed by atoms with van der Waals surface area (Å²) in [5.74, 6) is -0.261. The number of halogens is 1. The van der Waals surface area contributed by atoms with Crippen molar-refractivity contribution in [1.29, 1.82) is 0 Å². The Morgan fingerprint density at radius 2 is 2.03 bits per heavy atom. The van der Waals surface area contributed by atoms with E-state index in [2.05, 4.69) is 15.3 Å². The van der Waals surface area contributed by atoms with Gasteiger partial charge in [-0.15, -0.1) is 0 Å². The van der Waals surface area contributed by atoms with Crippen LogP contribution in [-0.2, 0) is 32.6 Å². The van der Waals surface area contributed by atoms with Crippen LogP contribution < -0.4 is 10.7 Å². The van der Waals surface area contributed by atoms with Gasteiger partial charge in [-0.25, -0.2) is 0 Å². The Balaban J connectivity index is 1.38. The Hall–Kier alpha value is -3.46. The fourth-order valence-corrected chi connectivity index (χ4v) is 4.67. The average molecular weight is 493 g/mol. The van der Waals surface area contributed by atoms with E-state index in [-0.39, 0.29) is 17.9 Å². The van der Waals surface area contributed by atoms with Gasteiger partial charge in [0.15, 0.2) is 11.1 Å². The number of aromatic nitrogens is 2. The first kappa shape index (κ1) is 23.3. The number of carbonyl (C=O) groups is 1. The van der Waals surface area contributed by atoms with Gasteiger partial charge in [0.25, 0.3) is 5.91 Å². The first-order valence-electron chi connectivity index (χ1n) is 11.5. The van der Waals surface area contributed by atoms with E-state index >= 15 is 0 Å². The maximum atomic E-state index is 13.1. The van der Waals surface area contributed by atoms with Crippen LogP contribution in [0.5, 0.6) is 0 Å². The predicted molar refractivity (Wildman–Crippen MR) is 132 cm³/mol. The standard InChI is InChI=1S/C26H25ClN4O4/c27-19-6-7-23-20(12-19)25(33)18(16-35-23)14-30-9-8-22-21(15-30)24(29-31(22)10-11-32)26(34)28-13-17-4-2-1-3-5-17/h1-7,12,16,32H,8-11,13-15H2,(H,28,34). The SMILES string of the molecule is O=C(NCc1ccccc1)c1nn(CCO)c2c1CN(Cc1coc3ccc(Cl)cc3c1=O)CC2. The molecule has 0 saturated heterocycles. The Kier molecular flexibility index (Phi) is 6.68. The minimum absolute atomic E-state index is 0.0659. The smallest absolute Gasteiger partial charge is 0.272 e. The fourth-order valence-electron chi connectivity index (χ4n) is 4.50. The van der Waals surface area contributed by atoms with Crippen LogP contribution in [0.2, 0.25) is 5.02 Å². The number of nitrogens with zero attached hydrogens (tertiary/aromatic N) is 3. The van der Waals surface area contributed by atoms with E-state index in [1.54, 1.807) is 22.9 Å². The zero-order valence-electron chi connectivity index (χ0n) is 19.0. The molecule has 0 bridgehead atoms. The lowest BCUT2D eigenvalue weighted by atomic mass is 10.0. The Morgan fingerprint density at radius 3 is 2.83 bits per heavy atom. The summed E-state index contributed by atoms with van der Waals surface area (Å²) in [5.41, 5.74) is 4.02. The molecule has 0 spiro atoms. The van der Waals surface area contributed by atoms with Gasteiger partial charge in [0.2, 0.25) is 0 Å². The van der Waals surface area contributed by atoms with Crippen molar-refractivity contribution in [3.63, 3.8) is 0 Å². The summed E-state index contributed by atoms with van der Waals surface area (Å²) in [6.07, 6.45) is 2.15. The number of carbonyl (C=O) groups excluding carboxylic acids is 1. The molecule has 1 amide bonds. The maximum absolute atomic E-state index is 13.1. The monoisotopic (exact) mass is 492 g/mol. The first-order valence-corrected chi connectivity index (χ1v) is 11.8. The van der Waals surface area contributed by atoms with Gasteiger partial charge in [-0.2, -0.15) is 5.10 Å². The summed E-state index contributed by atoms with van der Waals surface area (Å²) in [4.78, 5) is 28.2. The molecule has 1 aliphatic heterocycles. The first-order chi connectivity index (χ1) is 17.0. The van der Waals surface area contributed by atoms with E-state index in [0.717, 1.165) is 16.8 Å². The van der Waals surface area contributed by atoms with Crippen LogP contribution in [0, 0.1) is 0 Å². The van der Waals surface area contributed by atoms with E-state index in [1.165, 1.54) is 6.26 Å². The number of hydrogen-bond acceptors (Lipinski definition) is 6. The quantitative estimate of drug-likeness (QED) is 0.411. The predicted octanol–water partition coefficient (Wildman–Crippen LogP) is 3.12. The zero-order chi connectivity index (χ0) is 24.4. The van der Waals surface area contributed by atoms with Crippen molar-refractivity contribution in [2.75, 3.05) is 13.2 Å². The largest absolute Gasteiger partial charge is 0.464 e. The van der Waals surface area contributed by atoms with Crippen LogP contribution in [0.4, 0.5) is 0 Å². The Morgan fingerprint density at radius 1 is 1.20 bits per heavy atom. The molecule has 0 unspecified atom stereocenters. The summed E-state index contributed by atoms with van der Waals surface area (Å²) in [5, 5.41) is 17.9. The van der Waals surface area contributed by atoms with E-state index in [1.807, 2.05) is 30.3 Å². The average Bonchev–Trinajstić information content (AvgIpc) is 3.23. The number of nitrogens with one attached hydrogen (secondary N) is 1. The second-order valence-electron chi connectivity index (χ2n) is 8.58. The highest BCUT2D eigenvalue weighted by molar-refractivity contribution is 6.31. The van der Waals surface area contributed by atoms with E-state index in [9.17, 15) is 14.7 Å². The molecule has 9 heteroatoms. The van der Waals surface area contributed by atoms with Crippen LogP contribution >= 0.6 is 11.6 Å². The van der Waals surface area contributed by atoms with Gasteiger partial charge >= 0.3 is 0 Å². The van der Waals surface area contributed by atoms with Gasteiger partial charge < -0.3 is 14.8 Å². The third kappa shape index (κ3) is 4.86. The van der Waals surface area contributed by atoms with E-state index in [4.69, 9.17) is 16.0 Å². The molecule has 0 saturated carbocycles. The minimum atomic E-state index is -0.261. The molecule has 1 aliphatic rings. The highest BCUT2D eigenvalue weighted by Gasteiger charge is 2.28. The normalized spacial score (nSPS) is 13.7. The van der Waals surface area contributed by atoms with Gasteiger partial charge in [-0.3, -0.25) is 19.2 Å². The molecule has 4 aromatic rings. The fraction of sp³-hybridized carbons (Fsp3) is 0.269. The van der Waals surface area contributed by atoms with Gasteiger partial charge in [-0.1, -0.05) is 41.9 Å². The number of amides is 1. The van der Waals surface area contributed by atoms with Crippen molar-refractivity contribution in [2.45, 2.75) is 32.6 Å². The molecule has 0 atom stereocenters. The lowest BCUT2D eigenvalue weighted by Gasteiger charge is -2.27. The Labute approximate surface area is 206 Å².